The Hall–Kier alpha value is -2.24. The molecule has 5 nitrogen and oxygen atoms in total. The molecule has 0 aliphatic heterocycles. The molecular weight excluding hydrogens is 449 g/mol. The number of ether oxygens (including phenoxy) is 2. The molecule has 1 aliphatic rings. The molecule has 0 bridgehead atoms. The lowest BCUT2D eigenvalue weighted by molar-refractivity contribution is -0.122. The highest BCUT2D eigenvalue weighted by molar-refractivity contribution is 6.35. The fourth-order valence-electron chi connectivity index (χ4n) is 4.16. The molecule has 0 saturated heterocycles. The van der Waals surface area contributed by atoms with Crippen molar-refractivity contribution in [2.24, 2.45) is 5.92 Å². The van der Waals surface area contributed by atoms with Gasteiger partial charge >= 0.3 is 5.97 Å². The van der Waals surface area contributed by atoms with Crippen molar-refractivity contribution in [1.29, 1.82) is 0 Å². The van der Waals surface area contributed by atoms with E-state index in [1.165, 1.54) is 7.11 Å². The predicted molar refractivity (Wildman–Crippen MR) is 128 cm³/mol. The van der Waals surface area contributed by atoms with Crippen LogP contribution >= 0.6 is 23.2 Å². The molecule has 0 radical (unpaired) electrons. The summed E-state index contributed by atoms with van der Waals surface area (Å²) in [7, 11) is 1.32. The molecule has 2 aromatic carbocycles. The van der Waals surface area contributed by atoms with Crippen LogP contribution in [0.25, 0.3) is 0 Å². The number of rotatable bonds is 7. The van der Waals surface area contributed by atoms with E-state index in [4.69, 9.17) is 32.7 Å². The molecule has 1 N–H and O–H groups in total. The molecule has 1 fully saturated rings. The van der Waals surface area contributed by atoms with Crippen molar-refractivity contribution in [3.63, 3.8) is 0 Å². The minimum absolute atomic E-state index is 0.145. The van der Waals surface area contributed by atoms with Gasteiger partial charge in [-0.05, 0) is 54.7 Å². The smallest absolute Gasteiger partial charge is 0.341 e. The lowest BCUT2D eigenvalue weighted by Gasteiger charge is -2.37. The first-order valence-corrected chi connectivity index (χ1v) is 11.6. The van der Waals surface area contributed by atoms with Crippen LogP contribution in [0.4, 0.5) is 5.69 Å². The van der Waals surface area contributed by atoms with Gasteiger partial charge in [0.1, 0.15) is 11.3 Å². The van der Waals surface area contributed by atoms with Crippen LogP contribution in [-0.2, 0) is 14.9 Å². The highest BCUT2D eigenvalue weighted by Crippen LogP contribution is 2.44. The fourth-order valence-corrected chi connectivity index (χ4v) is 4.75. The first-order chi connectivity index (χ1) is 15.3. The van der Waals surface area contributed by atoms with Gasteiger partial charge in [-0.1, -0.05) is 62.4 Å². The number of anilines is 1. The Labute approximate surface area is 199 Å². The van der Waals surface area contributed by atoms with Gasteiger partial charge in [0.05, 0.1) is 19.1 Å². The molecule has 0 aromatic heterocycles. The maximum absolute atomic E-state index is 13.6. The second-order valence-corrected chi connectivity index (χ2v) is 9.47. The van der Waals surface area contributed by atoms with E-state index in [-0.39, 0.29) is 11.5 Å². The zero-order chi connectivity index (χ0) is 23.3. The zero-order valence-corrected chi connectivity index (χ0v) is 20.2. The molecule has 0 unspecified atom stereocenters. The van der Waals surface area contributed by atoms with Crippen molar-refractivity contribution in [1.82, 2.24) is 0 Å². The summed E-state index contributed by atoms with van der Waals surface area (Å²) < 4.78 is 10.7. The van der Waals surface area contributed by atoms with E-state index in [1.54, 1.807) is 30.3 Å². The largest absolute Gasteiger partial charge is 0.492 e. The molecule has 1 saturated carbocycles. The summed E-state index contributed by atoms with van der Waals surface area (Å²) in [4.78, 5) is 26.0. The second-order valence-electron chi connectivity index (χ2n) is 8.63. The lowest BCUT2D eigenvalue weighted by atomic mass is 9.68. The molecule has 2 aromatic rings. The zero-order valence-electron chi connectivity index (χ0n) is 18.7. The van der Waals surface area contributed by atoms with Crippen LogP contribution in [0.15, 0.2) is 36.4 Å². The van der Waals surface area contributed by atoms with Gasteiger partial charge in [0.15, 0.2) is 0 Å². The van der Waals surface area contributed by atoms with Crippen LogP contribution in [0.5, 0.6) is 5.75 Å². The number of hydrogen-bond donors (Lipinski definition) is 1. The first-order valence-electron chi connectivity index (χ1n) is 10.9. The van der Waals surface area contributed by atoms with Gasteiger partial charge in [0, 0.05) is 15.7 Å². The van der Waals surface area contributed by atoms with E-state index < -0.39 is 11.4 Å². The first kappa shape index (κ1) is 24.4. The minimum atomic E-state index is -0.752. The SMILES string of the molecule is COC(=O)c1cc(NC(=O)C2(c3ccc(Cl)cc3Cl)CCCCC2)ccc1OCC(C)C. The Morgan fingerprint density at radius 3 is 2.41 bits per heavy atom. The van der Waals surface area contributed by atoms with E-state index in [2.05, 4.69) is 5.32 Å². The molecule has 1 aliphatic carbocycles. The van der Waals surface area contributed by atoms with Crippen molar-refractivity contribution in [3.05, 3.63) is 57.6 Å². The number of halogens is 2. The molecule has 7 heteroatoms. The van der Waals surface area contributed by atoms with E-state index >= 15 is 0 Å². The van der Waals surface area contributed by atoms with E-state index in [1.807, 2.05) is 19.9 Å². The van der Waals surface area contributed by atoms with Crippen molar-refractivity contribution >= 4 is 40.8 Å². The summed E-state index contributed by atoms with van der Waals surface area (Å²) in [5.41, 5.74) is 0.805. The molecule has 0 atom stereocenters. The third-order valence-electron chi connectivity index (χ3n) is 5.80. The quantitative estimate of drug-likeness (QED) is 0.452. The average molecular weight is 478 g/mol. The van der Waals surface area contributed by atoms with Gasteiger partial charge in [-0.3, -0.25) is 4.79 Å². The summed E-state index contributed by atoms with van der Waals surface area (Å²) in [6.07, 6.45) is 4.33. The second kappa shape index (κ2) is 10.6. The number of esters is 1. The van der Waals surface area contributed by atoms with Crippen LogP contribution in [0.3, 0.4) is 0 Å². The Morgan fingerprint density at radius 1 is 1.06 bits per heavy atom. The number of hydrogen-bond acceptors (Lipinski definition) is 4. The standard InChI is InChI=1S/C25H29Cl2NO4/c1-16(2)15-32-22-10-8-18(14-19(22)23(29)31-3)28-24(30)25(11-5-4-6-12-25)20-9-7-17(26)13-21(20)27/h7-10,13-14,16H,4-6,11-12,15H2,1-3H3,(H,28,30). The number of carbonyl (C=O) groups is 2. The number of methoxy groups -OCH3 is 1. The van der Waals surface area contributed by atoms with Gasteiger partial charge < -0.3 is 14.8 Å². The van der Waals surface area contributed by atoms with Crippen LogP contribution < -0.4 is 10.1 Å². The third kappa shape index (κ3) is 5.38. The Balaban J connectivity index is 1.93. The minimum Gasteiger partial charge on any atom is -0.492 e. The maximum Gasteiger partial charge on any atom is 0.341 e. The van der Waals surface area contributed by atoms with Gasteiger partial charge in [-0.15, -0.1) is 0 Å². The highest BCUT2D eigenvalue weighted by Gasteiger charge is 2.42. The summed E-state index contributed by atoms with van der Waals surface area (Å²) in [6.45, 7) is 4.52. The average Bonchev–Trinajstić information content (AvgIpc) is 2.77. The molecule has 172 valence electrons. The summed E-state index contributed by atoms with van der Waals surface area (Å²) in [5, 5.41) is 4.03. The van der Waals surface area contributed by atoms with Gasteiger partial charge in [0.25, 0.3) is 0 Å². The van der Waals surface area contributed by atoms with Crippen molar-refractivity contribution in [2.75, 3.05) is 19.0 Å². The summed E-state index contributed by atoms with van der Waals surface area (Å²) >= 11 is 12.6. The van der Waals surface area contributed by atoms with Crippen molar-refractivity contribution in [3.8, 4) is 5.75 Å². The van der Waals surface area contributed by atoms with Crippen LogP contribution in [0.1, 0.15) is 61.9 Å². The molecule has 0 heterocycles. The van der Waals surface area contributed by atoms with Gasteiger partial charge in [-0.2, -0.15) is 0 Å². The molecule has 32 heavy (non-hydrogen) atoms. The number of benzene rings is 2. The van der Waals surface area contributed by atoms with Gasteiger partial charge in [-0.25, -0.2) is 4.79 Å². The highest BCUT2D eigenvalue weighted by atomic mass is 35.5. The number of amides is 1. The molecular formula is C25H29Cl2NO4. The monoisotopic (exact) mass is 477 g/mol. The van der Waals surface area contributed by atoms with E-state index in [0.29, 0.717) is 46.8 Å². The van der Waals surface area contributed by atoms with Crippen LogP contribution in [0, 0.1) is 5.92 Å². The Morgan fingerprint density at radius 2 is 1.78 bits per heavy atom. The van der Waals surface area contributed by atoms with Gasteiger partial charge in [0.2, 0.25) is 5.91 Å². The van der Waals surface area contributed by atoms with E-state index in [0.717, 1.165) is 24.8 Å². The third-order valence-corrected chi connectivity index (χ3v) is 6.35. The van der Waals surface area contributed by atoms with Crippen LogP contribution in [0.2, 0.25) is 10.0 Å². The maximum atomic E-state index is 13.6. The van der Waals surface area contributed by atoms with Crippen LogP contribution in [-0.4, -0.2) is 25.6 Å². The Bertz CT molecular complexity index is 984. The molecule has 0 spiro atoms. The number of nitrogens with one attached hydrogen (secondary N) is 1. The number of carbonyl (C=O) groups excluding carboxylic acids is 2. The fraction of sp³-hybridized carbons (Fsp3) is 0.440. The predicted octanol–water partition coefficient (Wildman–Crippen LogP) is 6.66. The van der Waals surface area contributed by atoms with E-state index in [9.17, 15) is 9.59 Å². The Kier molecular flexibility index (Phi) is 8.07. The normalized spacial score (nSPS) is 15.3. The molecule has 1 amide bonds. The lowest BCUT2D eigenvalue weighted by Crippen LogP contribution is -2.42. The van der Waals surface area contributed by atoms with Crippen molar-refractivity contribution < 1.29 is 19.1 Å². The summed E-state index contributed by atoms with van der Waals surface area (Å²) in [6, 6.07) is 10.3. The van der Waals surface area contributed by atoms with Crippen molar-refractivity contribution in [2.45, 2.75) is 51.4 Å². The molecule has 3 rings (SSSR count). The topological polar surface area (TPSA) is 64.6 Å². The summed E-state index contributed by atoms with van der Waals surface area (Å²) in [5.74, 6) is 0.0629.